The molecule has 0 unspecified atom stereocenters. The molecule has 6 nitrogen and oxygen atoms in total. The van der Waals surface area contributed by atoms with Crippen LogP contribution >= 0.6 is 12.2 Å². The summed E-state index contributed by atoms with van der Waals surface area (Å²) in [7, 11) is 0. The van der Waals surface area contributed by atoms with Crippen LogP contribution in [-0.2, 0) is 11.3 Å². The molecular formula is C18H17FN4O2S. The van der Waals surface area contributed by atoms with Crippen molar-refractivity contribution in [3.63, 3.8) is 0 Å². The van der Waals surface area contributed by atoms with Gasteiger partial charge < -0.3 is 10.1 Å². The van der Waals surface area contributed by atoms with Gasteiger partial charge in [0.2, 0.25) is 0 Å². The Morgan fingerprint density at radius 1 is 1.19 bits per heavy atom. The second-order valence-electron chi connectivity index (χ2n) is 5.32. The molecule has 0 aromatic heterocycles. The minimum Gasteiger partial charge on any atom is -0.481 e. The number of amides is 1. The lowest BCUT2D eigenvalue weighted by molar-refractivity contribution is -0.127. The van der Waals surface area contributed by atoms with E-state index in [1.54, 1.807) is 43.3 Å². The molecule has 2 aromatic carbocycles. The summed E-state index contributed by atoms with van der Waals surface area (Å²) >= 11 is 5.06. The predicted molar refractivity (Wildman–Crippen MR) is 98.4 cm³/mol. The molecule has 0 bridgehead atoms. The Morgan fingerprint density at radius 3 is 2.46 bits per heavy atom. The molecule has 0 spiro atoms. The Labute approximate surface area is 155 Å². The van der Waals surface area contributed by atoms with Crippen LogP contribution in [-0.4, -0.2) is 17.1 Å². The molecule has 0 heterocycles. The number of halogens is 1. The normalized spacial score (nSPS) is 11.0. The van der Waals surface area contributed by atoms with Gasteiger partial charge in [-0.2, -0.15) is 5.26 Å². The smallest absolute Gasteiger partial charge is 0.279 e. The number of carbonyl (C=O) groups excluding carboxylic acids is 1. The second-order valence-corrected chi connectivity index (χ2v) is 5.73. The number of rotatable bonds is 5. The van der Waals surface area contributed by atoms with E-state index in [1.165, 1.54) is 12.1 Å². The highest BCUT2D eigenvalue weighted by Gasteiger charge is 2.14. The van der Waals surface area contributed by atoms with Gasteiger partial charge in [0.1, 0.15) is 11.6 Å². The zero-order valence-corrected chi connectivity index (χ0v) is 14.8. The number of nitrogens with zero attached hydrogens (tertiary/aromatic N) is 1. The first-order valence-corrected chi connectivity index (χ1v) is 8.13. The van der Waals surface area contributed by atoms with Crippen molar-refractivity contribution in [2.24, 2.45) is 0 Å². The number of hydrogen-bond donors (Lipinski definition) is 3. The van der Waals surface area contributed by atoms with Gasteiger partial charge in [-0.3, -0.25) is 15.6 Å². The van der Waals surface area contributed by atoms with E-state index in [1.807, 2.05) is 6.07 Å². The zero-order valence-electron chi connectivity index (χ0n) is 14.0. The summed E-state index contributed by atoms with van der Waals surface area (Å²) < 4.78 is 18.3. The zero-order chi connectivity index (χ0) is 18.9. The van der Waals surface area contributed by atoms with Crippen molar-refractivity contribution in [3.05, 3.63) is 65.5 Å². The molecule has 2 aromatic rings. The predicted octanol–water partition coefficient (Wildman–Crippen LogP) is 2.16. The Kier molecular flexibility index (Phi) is 6.88. The second kappa shape index (κ2) is 9.34. The minimum absolute atomic E-state index is 0.216. The number of hydrogen-bond acceptors (Lipinski definition) is 4. The van der Waals surface area contributed by atoms with Crippen LogP contribution in [0.5, 0.6) is 5.75 Å². The van der Waals surface area contributed by atoms with Crippen molar-refractivity contribution in [1.82, 2.24) is 16.2 Å². The molecular weight excluding hydrogens is 355 g/mol. The lowest BCUT2D eigenvalue weighted by Gasteiger charge is -2.16. The first-order chi connectivity index (χ1) is 12.5. The molecule has 0 aliphatic rings. The summed E-state index contributed by atoms with van der Waals surface area (Å²) in [6.07, 6.45) is -0.768. The van der Waals surface area contributed by atoms with Gasteiger partial charge in [0, 0.05) is 6.54 Å². The van der Waals surface area contributed by atoms with E-state index in [0.29, 0.717) is 17.9 Å². The summed E-state index contributed by atoms with van der Waals surface area (Å²) in [6, 6.07) is 14.4. The van der Waals surface area contributed by atoms with E-state index >= 15 is 0 Å². The number of ether oxygens (including phenoxy) is 1. The van der Waals surface area contributed by atoms with Gasteiger partial charge >= 0.3 is 0 Å². The maximum absolute atomic E-state index is 12.8. The van der Waals surface area contributed by atoms with Crippen molar-refractivity contribution < 1.29 is 13.9 Å². The lowest BCUT2D eigenvalue weighted by atomic mass is 10.2. The van der Waals surface area contributed by atoms with Gasteiger partial charge in [-0.05, 0) is 61.1 Å². The number of benzene rings is 2. The van der Waals surface area contributed by atoms with Crippen LogP contribution in [0.1, 0.15) is 18.1 Å². The molecule has 1 amide bonds. The largest absolute Gasteiger partial charge is 0.481 e. The van der Waals surface area contributed by atoms with E-state index in [2.05, 4.69) is 16.2 Å². The van der Waals surface area contributed by atoms with E-state index < -0.39 is 12.0 Å². The van der Waals surface area contributed by atoms with E-state index in [0.717, 1.165) is 5.56 Å². The van der Waals surface area contributed by atoms with Crippen LogP contribution in [0.4, 0.5) is 4.39 Å². The highest BCUT2D eigenvalue weighted by atomic mass is 32.1. The van der Waals surface area contributed by atoms with Crippen LogP contribution in [0.25, 0.3) is 0 Å². The summed E-state index contributed by atoms with van der Waals surface area (Å²) in [5, 5.41) is 11.9. The first kappa shape index (κ1) is 19.1. The number of carbonyl (C=O) groups is 1. The van der Waals surface area contributed by atoms with Crippen molar-refractivity contribution in [1.29, 1.82) is 5.26 Å². The molecule has 0 fully saturated rings. The van der Waals surface area contributed by atoms with Crippen LogP contribution in [0, 0.1) is 17.1 Å². The fourth-order valence-corrected chi connectivity index (χ4v) is 2.04. The van der Waals surface area contributed by atoms with E-state index in [4.69, 9.17) is 22.2 Å². The fraction of sp³-hybridized carbons (Fsp3) is 0.167. The average Bonchev–Trinajstić information content (AvgIpc) is 2.66. The molecule has 2 rings (SSSR count). The van der Waals surface area contributed by atoms with Crippen LogP contribution in [0.15, 0.2) is 48.5 Å². The van der Waals surface area contributed by atoms with E-state index in [9.17, 15) is 9.18 Å². The molecule has 134 valence electrons. The third-order valence-corrected chi connectivity index (χ3v) is 3.58. The standard InChI is InChI=1S/C18H17FN4O2S/c1-12(25-16-8-4-13(10-20)5-9-16)17(24)22-23-18(26)21-11-14-2-6-15(19)7-3-14/h2-9,12H,11H2,1H3,(H,22,24)(H2,21,23,26)/t12-/m1/s1. The Balaban J connectivity index is 1.73. The van der Waals surface area contributed by atoms with Gasteiger partial charge in [-0.25, -0.2) is 4.39 Å². The maximum Gasteiger partial charge on any atom is 0.279 e. The van der Waals surface area contributed by atoms with Crippen LogP contribution < -0.4 is 20.9 Å². The topological polar surface area (TPSA) is 86.2 Å². The molecule has 0 saturated heterocycles. The SMILES string of the molecule is C[C@@H](Oc1ccc(C#N)cc1)C(=O)NNC(=S)NCc1ccc(F)cc1. The quantitative estimate of drug-likeness (QED) is 0.551. The number of thiocarbonyl (C=S) groups is 1. The number of hydrazine groups is 1. The number of nitrogens with one attached hydrogen (secondary N) is 3. The molecule has 0 aliphatic carbocycles. The lowest BCUT2D eigenvalue weighted by Crippen LogP contribution is -2.50. The highest BCUT2D eigenvalue weighted by molar-refractivity contribution is 7.80. The van der Waals surface area contributed by atoms with E-state index in [-0.39, 0.29) is 10.9 Å². The molecule has 26 heavy (non-hydrogen) atoms. The van der Waals surface area contributed by atoms with Crippen LogP contribution in [0.3, 0.4) is 0 Å². The third-order valence-electron chi connectivity index (χ3n) is 3.33. The monoisotopic (exact) mass is 372 g/mol. The fourth-order valence-electron chi connectivity index (χ4n) is 1.91. The van der Waals surface area contributed by atoms with Crippen molar-refractivity contribution in [2.75, 3.05) is 0 Å². The van der Waals surface area contributed by atoms with Crippen molar-refractivity contribution in [2.45, 2.75) is 19.6 Å². The molecule has 0 radical (unpaired) electrons. The van der Waals surface area contributed by atoms with Crippen LogP contribution in [0.2, 0.25) is 0 Å². The highest BCUT2D eigenvalue weighted by Crippen LogP contribution is 2.13. The maximum atomic E-state index is 12.8. The van der Waals surface area contributed by atoms with Crippen molar-refractivity contribution in [3.8, 4) is 11.8 Å². The van der Waals surface area contributed by atoms with Gasteiger partial charge in [0.15, 0.2) is 11.2 Å². The van der Waals surface area contributed by atoms with Gasteiger partial charge in [0.25, 0.3) is 5.91 Å². The average molecular weight is 372 g/mol. The Hall–Kier alpha value is -3.18. The van der Waals surface area contributed by atoms with Gasteiger partial charge in [-0.1, -0.05) is 12.1 Å². The molecule has 0 saturated carbocycles. The summed E-state index contributed by atoms with van der Waals surface area (Å²) in [6.45, 7) is 1.98. The Morgan fingerprint density at radius 2 is 1.85 bits per heavy atom. The van der Waals surface area contributed by atoms with Gasteiger partial charge in [0.05, 0.1) is 11.6 Å². The first-order valence-electron chi connectivity index (χ1n) is 7.73. The van der Waals surface area contributed by atoms with Crippen molar-refractivity contribution >= 4 is 23.2 Å². The summed E-state index contributed by atoms with van der Waals surface area (Å²) in [5.74, 6) is -0.248. The third kappa shape index (κ3) is 6.03. The molecule has 1 atom stereocenters. The summed E-state index contributed by atoms with van der Waals surface area (Å²) in [4.78, 5) is 12.0. The minimum atomic E-state index is -0.768. The molecule has 3 N–H and O–H groups in total. The molecule has 0 aliphatic heterocycles. The number of nitriles is 1. The van der Waals surface area contributed by atoms with Gasteiger partial charge in [-0.15, -0.1) is 0 Å². The molecule has 8 heteroatoms. The Bertz CT molecular complexity index is 803. The summed E-state index contributed by atoms with van der Waals surface area (Å²) in [5.41, 5.74) is 6.37.